The zero-order chi connectivity index (χ0) is 10.3. The lowest BCUT2D eigenvalue weighted by Crippen LogP contribution is -2.12. The molecule has 0 aliphatic rings. The smallest absolute Gasteiger partial charge is 0.336 e. The summed E-state index contributed by atoms with van der Waals surface area (Å²) in [5, 5.41) is 0. The summed E-state index contributed by atoms with van der Waals surface area (Å²) in [6.07, 6.45) is 2.80. The molecule has 0 aromatic rings. The largest absolute Gasteiger partial charge is 0.466 e. The van der Waals surface area contributed by atoms with Gasteiger partial charge in [-0.05, 0) is 6.92 Å². The van der Waals surface area contributed by atoms with Gasteiger partial charge in [-0.15, -0.1) is 0 Å². The molecule has 0 spiro atoms. The van der Waals surface area contributed by atoms with Crippen LogP contribution in [-0.4, -0.2) is 25.7 Å². The molecule has 0 radical (unpaired) electrons. The molecule has 0 aliphatic carbocycles. The third kappa shape index (κ3) is 4.79. The maximum atomic E-state index is 10.8. The van der Waals surface area contributed by atoms with Crippen LogP contribution in [0.25, 0.3) is 0 Å². The summed E-state index contributed by atoms with van der Waals surface area (Å²) in [7, 11) is 1.24. The van der Waals surface area contributed by atoms with Gasteiger partial charge >= 0.3 is 11.9 Å². The normalized spacial score (nSPS) is 9.69. The van der Waals surface area contributed by atoms with Crippen molar-refractivity contribution >= 4 is 11.9 Å². The summed E-state index contributed by atoms with van der Waals surface area (Å²) in [4.78, 5) is 21.5. The second kappa shape index (κ2) is 5.99. The number of hydrogen-bond acceptors (Lipinski definition) is 4. The molecule has 0 saturated heterocycles. The van der Waals surface area contributed by atoms with Crippen molar-refractivity contribution in [1.29, 1.82) is 0 Å². The number of allylic oxidation sites excluding steroid dienone is 1. The highest BCUT2D eigenvalue weighted by molar-refractivity contribution is 5.89. The van der Waals surface area contributed by atoms with E-state index in [-0.39, 0.29) is 12.2 Å². The van der Waals surface area contributed by atoms with E-state index in [0.717, 1.165) is 0 Å². The van der Waals surface area contributed by atoms with Crippen molar-refractivity contribution in [3.8, 4) is 0 Å². The average Bonchev–Trinajstić information content (AvgIpc) is 2.13. The van der Waals surface area contributed by atoms with Crippen molar-refractivity contribution in [2.24, 2.45) is 0 Å². The van der Waals surface area contributed by atoms with Crippen LogP contribution in [-0.2, 0) is 19.1 Å². The van der Waals surface area contributed by atoms with Gasteiger partial charge in [-0.25, -0.2) is 9.59 Å². The lowest BCUT2D eigenvalue weighted by Gasteiger charge is -2.02. The number of ether oxygens (including phenoxy) is 2. The van der Waals surface area contributed by atoms with Gasteiger partial charge in [0.15, 0.2) is 0 Å². The Bertz CT molecular complexity index is 240. The van der Waals surface area contributed by atoms with Gasteiger partial charge in [-0.3, -0.25) is 0 Å². The summed E-state index contributed by atoms with van der Waals surface area (Å²) in [5.74, 6) is -1.08. The van der Waals surface area contributed by atoms with E-state index in [9.17, 15) is 9.59 Å². The molecular weight excluding hydrogens is 172 g/mol. The highest BCUT2D eigenvalue weighted by Crippen LogP contribution is 1.95. The van der Waals surface area contributed by atoms with Crippen LogP contribution in [0.1, 0.15) is 6.92 Å². The molecule has 0 aromatic carbocycles. The summed E-state index contributed by atoms with van der Waals surface area (Å²) >= 11 is 0. The third-order valence-corrected chi connectivity index (χ3v) is 1.17. The first-order chi connectivity index (χ1) is 6.11. The van der Waals surface area contributed by atoms with Crippen LogP contribution < -0.4 is 0 Å². The second-order valence-electron chi connectivity index (χ2n) is 2.20. The topological polar surface area (TPSA) is 52.6 Å². The Hall–Kier alpha value is -1.58. The van der Waals surface area contributed by atoms with Crippen LogP contribution in [0, 0.1) is 0 Å². The van der Waals surface area contributed by atoms with Crippen LogP contribution in [0.2, 0.25) is 0 Å². The maximum absolute atomic E-state index is 10.8. The van der Waals surface area contributed by atoms with Gasteiger partial charge in [0.25, 0.3) is 0 Å². The predicted octanol–water partition coefficient (Wildman–Crippen LogP) is 0.835. The van der Waals surface area contributed by atoms with Crippen LogP contribution >= 0.6 is 0 Å². The van der Waals surface area contributed by atoms with Gasteiger partial charge in [0, 0.05) is 6.08 Å². The van der Waals surface area contributed by atoms with Crippen molar-refractivity contribution < 1.29 is 19.1 Å². The monoisotopic (exact) mass is 184 g/mol. The predicted molar refractivity (Wildman–Crippen MR) is 46.9 cm³/mol. The van der Waals surface area contributed by atoms with Crippen LogP contribution in [0.4, 0.5) is 0 Å². The highest BCUT2D eigenvalue weighted by Gasteiger charge is 2.07. The second-order valence-corrected chi connectivity index (χ2v) is 2.20. The molecule has 0 amide bonds. The molecule has 0 fully saturated rings. The SMILES string of the molecule is C=C(COC(=O)/C=C/C)C(=O)OC. The Labute approximate surface area is 76.8 Å². The Morgan fingerprint density at radius 1 is 1.46 bits per heavy atom. The number of methoxy groups -OCH3 is 1. The lowest BCUT2D eigenvalue weighted by atomic mass is 10.3. The summed E-state index contributed by atoms with van der Waals surface area (Å²) in [6.45, 7) is 4.93. The van der Waals surface area contributed by atoms with E-state index in [0.29, 0.717) is 0 Å². The van der Waals surface area contributed by atoms with Crippen molar-refractivity contribution in [3.63, 3.8) is 0 Å². The van der Waals surface area contributed by atoms with Crippen molar-refractivity contribution in [2.45, 2.75) is 6.92 Å². The van der Waals surface area contributed by atoms with Crippen LogP contribution in [0.3, 0.4) is 0 Å². The minimum Gasteiger partial charge on any atom is -0.466 e. The van der Waals surface area contributed by atoms with Gasteiger partial charge < -0.3 is 9.47 Å². The molecule has 0 rings (SSSR count). The first-order valence-corrected chi connectivity index (χ1v) is 3.67. The average molecular weight is 184 g/mol. The van der Waals surface area contributed by atoms with Crippen molar-refractivity contribution in [3.05, 3.63) is 24.3 Å². The van der Waals surface area contributed by atoms with Crippen molar-refractivity contribution in [1.82, 2.24) is 0 Å². The summed E-state index contributed by atoms with van der Waals surface area (Å²) in [5.41, 5.74) is 0.111. The molecule has 13 heavy (non-hydrogen) atoms. The molecule has 0 aromatic heterocycles. The number of carbonyl (C=O) groups is 2. The number of esters is 2. The Morgan fingerprint density at radius 2 is 2.08 bits per heavy atom. The molecule has 0 N–H and O–H groups in total. The minimum absolute atomic E-state index is 0.111. The molecular formula is C9H12O4. The molecule has 0 bridgehead atoms. The first kappa shape index (κ1) is 11.4. The standard InChI is InChI=1S/C9H12O4/c1-4-5-8(10)13-6-7(2)9(11)12-3/h4-5H,2,6H2,1,3H3/b5-4+. The summed E-state index contributed by atoms with van der Waals surface area (Å²) < 4.78 is 9.00. The van der Waals surface area contributed by atoms with Crippen LogP contribution in [0.5, 0.6) is 0 Å². The zero-order valence-electron chi connectivity index (χ0n) is 7.70. The van der Waals surface area contributed by atoms with Crippen LogP contribution in [0.15, 0.2) is 24.3 Å². The lowest BCUT2D eigenvalue weighted by molar-refractivity contribution is -0.140. The Kier molecular flexibility index (Phi) is 5.27. The highest BCUT2D eigenvalue weighted by atomic mass is 16.5. The molecule has 72 valence electrons. The zero-order valence-corrected chi connectivity index (χ0v) is 7.70. The van der Waals surface area contributed by atoms with Crippen molar-refractivity contribution in [2.75, 3.05) is 13.7 Å². The van der Waals surface area contributed by atoms with Gasteiger partial charge in [0.2, 0.25) is 0 Å². The molecule has 0 heterocycles. The minimum atomic E-state index is -0.576. The van der Waals surface area contributed by atoms with E-state index in [1.165, 1.54) is 13.2 Å². The van der Waals surface area contributed by atoms with Gasteiger partial charge in [0.05, 0.1) is 12.7 Å². The molecule has 0 unspecified atom stereocenters. The van der Waals surface area contributed by atoms with E-state index >= 15 is 0 Å². The number of rotatable bonds is 4. The van der Waals surface area contributed by atoms with E-state index in [1.54, 1.807) is 13.0 Å². The first-order valence-electron chi connectivity index (χ1n) is 3.67. The number of hydrogen-bond donors (Lipinski definition) is 0. The van der Waals surface area contributed by atoms with E-state index < -0.39 is 11.9 Å². The van der Waals surface area contributed by atoms with E-state index in [4.69, 9.17) is 0 Å². The molecule has 0 saturated carbocycles. The van der Waals surface area contributed by atoms with E-state index in [2.05, 4.69) is 16.1 Å². The third-order valence-electron chi connectivity index (χ3n) is 1.17. The number of carbonyl (C=O) groups excluding carboxylic acids is 2. The molecule has 4 heteroatoms. The molecule has 4 nitrogen and oxygen atoms in total. The fourth-order valence-corrected chi connectivity index (χ4v) is 0.546. The quantitative estimate of drug-likeness (QED) is 0.479. The van der Waals surface area contributed by atoms with Gasteiger partial charge in [0.1, 0.15) is 6.61 Å². The Morgan fingerprint density at radius 3 is 2.54 bits per heavy atom. The fourth-order valence-electron chi connectivity index (χ4n) is 0.546. The molecule has 0 aliphatic heterocycles. The fraction of sp³-hybridized carbons (Fsp3) is 0.333. The maximum Gasteiger partial charge on any atom is 0.336 e. The van der Waals surface area contributed by atoms with Gasteiger partial charge in [-0.1, -0.05) is 12.7 Å². The van der Waals surface area contributed by atoms with E-state index in [1.807, 2.05) is 0 Å². The molecule has 0 atom stereocenters. The van der Waals surface area contributed by atoms with Gasteiger partial charge in [-0.2, -0.15) is 0 Å². The summed E-state index contributed by atoms with van der Waals surface area (Å²) in [6, 6.07) is 0. The Balaban J connectivity index is 3.83.